The van der Waals surface area contributed by atoms with Crippen LogP contribution in [0.25, 0.3) is 0 Å². The van der Waals surface area contributed by atoms with Crippen molar-refractivity contribution in [1.82, 2.24) is 0 Å². The first kappa shape index (κ1) is 9.98. The maximum absolute atomic E-state index is 10.6. The summed E-state index contributed by atoms with van der Waals surface area (Å²) >= 11 is 6.49. The van der Waals surface area contributed by atoms with Gasteiger partial charge in [0.2, 0.25) is 0 Å². The van der Waals surface area contributed by atoms with Crippen LogP contribution in [0.2, 0.25) is 0 Å². The molecule has 0 spiro atoms. The van der Waals surface area contributed by atoms with Gasteiger partial charge in [0.05, 0.1) is 5.69 Å². The van der Waals surface area contributed by atoms with Gasteiger partial charge < -0.3 is 10.4 Å². The molecule has 1 N–H and O–H groups in total. The molecule has 0 fully saturated rings. The van der Waals surface area contributed by atoms with E-state index in [2.05, 4.69) is 31.9 Å². The van der Waals surface area contributed by atoms with Crippen LogP contribution in [0.15, 0.2) is 22.7 Å². The minimum Gasteiger partial charge on any atom is -0.733 e. The first-order valence-corrected chi connectivity index (χ1v) is 5.07. The number of hydrogen-bond donors (Lipinski definition) is 1. The van der Waals surface area contributed by atoms with Crippen molar-refractivity contribution in [2.75, 3.05) is 5.23 Å². The van der Waals surface area contributed by atoms with Gasteiger partial charge in [0, 0.05) is 15.4 Å². The van der Waals surface area contributed by atoms with Crippen molar-refractivity contribution >= 4 is 37.5 Å². The van der Waals surface area contributed by atoms with Crippen molar-refractivity contribution in [1.29, 1.82) is 0 Å². The predicted molar refractivity (Wildman–Crippen MR) is 54.4 cm³/mol. The number of halogens is 2. The van der Waals surface area contributed by atoms with Crippen molar-refractivity contribution in [3.05, 3.63) is 33.4 Å². The van der Waals surface area contributed by atoms with Crippen LogP contribution in [0.5, 0.6) is 0 Å². The first-order valence-electron chi connectivity index (χ1n) is 3.16. The Labute approximate surface area is 86.8 Å². The Kier molecular flexibility index (Phi) is 3.52. The molecule has 0 aliphatic rings. The maximum atomic E-state index is 10.6. The van der Waals surface area contributed by atoms with E-state index in [0.29, 0.717) is 5.33 Å². The third-order valence-electron chi connectivity index (χ3n) is 1.43. The molecular formula is C7H6Br2NO2-. The van der Waals surface area contributed by atoms with Crippen LogP contribution in [0.4, 0.5) is 5.69 Å². The topological polar surface area (TPSA) is 46.5 Å². The van der Waals surface area contributed by atoms with Gasteiger partial charge in [0.25, 0.3) is 0 Å². The molecule has 0 atom stereocenters. The average molecular weight is 296 g/mol. The Hall–Kier alpha value is -0.100. The highest BCUT2D eigenvalue weighted by Gasteiger charge is 2.04. The van der Waals surface area contributed by atoms with Crippen LogP contribution < -0.4 is 5.23 Å². The first-order chi connectivity index (χ1) is 5.66. The number of alkyl halides is 1. The number of benzene rings is 1. The van der Waals surface area contributed by atoms with Gasteiger partial charge in [-0.15, -0.1) is 0 Å². The monoisotopic (exact) mass is 294 g/mol. The molecule has 1 rings (SSSR count). The fourth-order valence-electron chi connectivity index (χ4n) is 0.859. The highest BCUT2D eigenvalue weighted by Crippen LogP contribution is 2.28. The molecule has 0 bridgehead atoms. The molecule has 0 amide bonds. The predicted octanol–water partition coefficient (Wildman–Crippen LogP) is 3.04. The Bertz CT molecular complexity index is 278. The van der Waals surface area contributed by atoms with Crippen molar-refractivity contribution in [3.8, 4) is 0 Å². The smallest absolute Gasteiger partial charge is 0.0560 e. The standard InChI is InChI=1S/C7H6Br2NO2/c8-4-5-6(9)2-1-3-7(5)10(11)12/h1-3,11H,4H2/q-1. The van der Waals surface area contributed by atoms with E-state index >= 15 is 0 Å². The normalized spacial score (nSPS) is 10.0. The van der Waals surface area contributed by atoms with Gasteiger partial charge in [-0.25, -0.2) is 0 Å². The van der Waals surface area contributed by atoms with Crippen molar-refractivity contribution in [3.63, 3.8) is 0 Å². The zero-order valence-electron chi connectivity index (χ0n) is 6.00. The Morgan fingerprint density at radius 1 is 1.50 bits per heavy atom. The molecule has 1 aromatic carbocycles. The third-order valence-corrected chi connectivity index (χ3v) is 2.74. The lowest BCUT2D eigenvalue weighted by atomic mass is 10.2. The number of hydrogen-bond acceptors (Lipinski definition) is 3. The van der Waals surface area contributed by atoms with Crippen LogP contribution in [0.3, 0.4) is 0 Å². The molecule has 3 nitrogen and oxygen atoms in total. The number of nitrogens with zero attached hydrogens (tertiary/aromatic N) is 1. The summed E-state index contributed by atoms with van der Waals surface area (Å²) in [6.07, 6.45) is 0. The number of rotatable bonds is 2. The molecule has 0 saturated heterocycles. The van der Waals surface area contributed by atoms with Gasteiger partial charge in [-0.05, 0) is 12.1 Å². The Balaban J connectivity index is 3.18. The molecule has 66 valence electrons. The quantitative estimate of drug-likeness (QED) is 0.674. The van der Waals surface area contributed by atoms with Crippen LogP contribution in [-0.4, -0.2) is 5.21 Å². The van der Waals surface area contributed by atoms with Gasteiger partial charge in [-0.2, -0.15) is 0 Å². The highest BCUT2D eigenvalue weighted by atomic mass is 79.9. The van der Waals surface area contributed by atoms with E-state index in [1.54, 1.807) is 12.1 Å². The van der Waals surface area contributed by atoms with Crippen LogP contribution >= 0.6 is 31.9 Å². The fraction of sp³-hybridized carbons (Fsp3) is 0.143. The Morgan fingerprint density at radius 2 is 2.17 bits per heavy atom. The van der Waals surface area contributed by atoms with E-state index in [-0.39, 0.29) is 10.9 Å². The van der Waals surface area contributed by atoms with Crippen molar-refractivity contribution in [2.24, 2.45) is 0 Å². The zero-order chi connectivity index (χ0) is 9.14. The van der Waals surface area contributed by atoms with Crippen LogP contribution in [0, 0.1) is 5.21 Å². The summed E-state index contributed by atoms with van der Waals surface area (Å²) in [6.45, 7) is 0. The minimum atomic E-state index is -0.138. The van der Waals surface area contributed by atoms with Gasteiger partial charge in [-0.1, -0.05) is 37.9 Å². The minimum absolute atomic E-state index is 0.138. The second kappa shape index (κ2) is 4.23. The summed E-state index contributed by atoms with van der Waals surface area (Å²) in [5, 5.41) is 19.7. The maximum Gasteiger partial charge on any atom is 0.0560 e. The average Bonchev–Trinajstić information content (AvgIpc) is 2.03. The molecule has 0 aliphatic carbocycles. The van der Waals surface area contributed by atoms with Crippen molar-refractivity contribution < 1.29 is 5.21 Å². The van der Waals surface area contributed by atoms with E-state index in [1.807, 2.05) is 6.07 Å². The van der Waals surface area contributed by atoms with Crippen LogP contribution in [-0.2, 0) is 5.33 Å². The second-order valence-corrected chi connectivity index (χ2v) is 3.56. The molecule has 0 saturated carbocycles. The summed E-state index contributed by atoms with van der Waals surface area (Å²) in [6, 6.07) is 5.05. The molecule has 0 aromatic heterocycles. The SMILES string of the molecule is [O-]N(O)c1cccc(Br)c1CBr. The molecule has 12 heavy (non-hydrogen) atoms. The number of anilines is 1. The molecule has 5 heteroatoms. The van der Waals surface area contributed by atoms with Gasteiger partial charge in [0.15, 0.2) is 0 Å². The van der Waals surface area contributed by atoms with Gasteiger partial charge >= 0.3 is 0 Å². The van der Waals surface area contributed by atoms with E-state index in [9.17, 15) is 5.21 Å². The summed E-state index contributed by atoms with van der Waals surface area (Å²) in [7, 11) is 0. The van der Waals surface area contributed by atoms with E-state index in [4.69, 9.17) is 5.21 Å². The molecule has 1 aromatic rings. The van der Waals surface area contributed by atoms with Crippen LogP contribution in [0.1, 0.15) is 5.56 Å². The molecule has 0 heterocycles. The second-order valence-electron chi connectivity index (χ2n) is 2.14. The summed E-state index contributed by atoms with van der Waals surface area (Å²) in [5.41, 5.74) is 0.983. The van der Waals surface area contributed by atoms with Gasteiger partial charge in [0.1, 0.15) is 0 Å². The van der Waals surface area contributed by atoms with E-state index in [0.717, 1.165) is 10.0 Å². The lowest BCUT2D eigenvalue weighted by molar-refractivity contribution is 0.296. The fourth-order valence-corrected chi connectivity index (χ4v) is 2.32. The summed E-state index contributed by atoms with van der Waals surface area (Å²) in [5.74, 6) is 0. The van der Waals surface area contributed by atoms with E-state index < -0.39 is 0 Å². The lowest BCUT2D eigenvalue weighted by Gasteiger charge is -2.24. The summed E-state index contributed by atoms with van der Waals surface area (Å²) < 4.78 is 0.798. The van der Waals surface area contributed by atoms with Crippen molar-refractivity contribution in [2.45, 2.75) is 5.33 Å². The molecule has 0 unspecified atom stereocenters. The molecular weight excluding hydrogens is 290 g/mol. The van der Waals surface area contributed by atoms with E-state index in [1.165, 1.54) is 0 Å². The Morgan fingerprint density at radius 3 is 2.58 bits per heavy atom. The van der Waals surface area contributed by atoms with Gasteiger partial charge in [-0.3, -0.25) is 5.21 Å². The summed E-state index contributed by atoms with van der Waals surface area (Å²) in [4.78, 5) is 0. The third kappa shape index (κ3) is 1.98. The zero-order valence-corrected chi connectivity index (χ0v) is 9.17. The lowest BCUT2D eigenvalue weighted by Crippen LogP contribution is -2.09. The molecule has 0 radical (unpaired) electrons. The largest absolute Gasteiger partial charge is 0.733 e. The molecule has 0 aliphatic heterocycles. The highest BCUT2D eigenvalue weighted by molar-refractivity contribution is 9.10.